The number of allylic oxidation sites excluding steroid dienone is 2. The van der Waals surface area contributed by atoms with Crippen LogP contribution in [0.4, 0.5) is 0 Å². The van der Waals surface area contributed by atoms with Crippen LogP contribution in [0.5, 0.6) is 0 Å². The van der Waals surface area contributed by atoms with E-state index in [1.54, 1.807) is 0 Å². The average molecular weight is 272 g/mol. The molecule has 0 amide bonds. The molecule has 0 fully saturated rings. The van der Waals surface area contributed by atoms with Gasteiger partial charge in [0.05, 0.1) is 18.9 Å². The van der Waals surface area contributed by atoms with E-state index < -0.39 is 17.9 Å². The number of aliphatic hydroxyl groups excluding tert-OH is 1. The normalized spacial score (nSPS) is 12.5. The van der Waals surface area contributed by atoms with Crippen LogP contribution in [-0.2, 0) is 14.3 Å². The van der Waals surface area contributed by atoms with Crippen LogP contribution < -0.4 is 0 Å². The summed E-state index contributed by atoms with van der Waals surface area (Å²) in [6.07, 6.45) is 8.20. The standard InChI is InChI=1S/C14H24O5/c1-2-3-4-5-6-7-8-12(11-13(16)17)14(18)19-10-9-15/h5-6,12,15H,2-4,7-11H2,1H3,(H,16,17)/b6-5+. The largest absolute Gasteiger partial charge is 0.481 e. The summed E-state index contributed by atoms with van der Waals surface area (Å²) in [7, 11) is 0. The molecule has 0 aromatic carbocycles. The summed E-state index contributed by atoms with van der Waals surface area (Å²) in [5.41, 5.74) is 0. The second kappa shape index (κ2) is 11.7. The Morgan fingerprint density at radius 1 is 1.26 bits per heavy atom. The van der Waals surface area contributed by atoms with Crippen LogP contribution in [0.2, 0.25) is 0 Å². The van der Waals surface area contributed by atoms with Gasteiger partial charge in [-0.1, -0.05) is 31.9 Å². The van der Waals surface area contributed by atoms with Crippen molar-refractivity contribution in [3.63, 3.8) is 0 Å². The van der Waals surface area contributed by atoms with Crippen LogP contribution in [0.3, 0.4) is 0 Å². The maximum Gasteiger partial charge on any atom is 0.309 e. The molecule has 1 unspecified atom stereocenters. The van der Waals surface area contributed by atoms with Gasteiger partial charge in [-0.2, -0.15) is 0 Å². The van der Waals surface area contributed by atoms with Crippen LogP contribution in [0.1, 0.15) is 45.4 Å². The zero-order valence-electron chi connectivity index (χ0n) is 11.5. The van der Waals surface area contributed by atoms with Crippen molar-refractivity contribution in [3.8, 4) is 0 Å². The van der Waals surface area contributed by atoms with Gasteiger partial charge in [-0.25, -0.2) is 0 Å². The fourth-order valence-corrected chi connectivity index (χ4v) is 1.63. The lowest BCUT2D eigenvalue weighted by molar-refractivity contribution is -0.154. The first-order valence-electron chi connectivity index (χ1n) is 6.76. The monoisotopic (exact) mass is 272 g/mol. The number of esters is 1. The van der Waals surface area contributed by atoms with Gasteiger partial charge in [0, 0.05) is 0 Å². The Bertz CT molecular complexity index is 286. The molecule has 0 rings (SSSR count). The van der Waals surface area contributed by atoms with Crippen LogP contribution in [0.25, 0.3) is 0 Å². The Balaban J connectivity index is 4.08. The van der Waals surface area contributed by atoms with Crippen LogP contribution in [0.15, 0.2) is 12.2 Å². The molecule has 0 saturated carbocycles. The van der Waals surface area contributed by atoms with Gasteiger partial charge in [0.15, 0.2) is 0 Å². The van der Waals surface area contributed by atoms with Gasteiger partial charge in [0.25, 0.3) is 0 Å². The topological polar surface area (TPSA) is 83.8 Å². The number of unbranched alkanes of at least 4 members (excludes halogenated alkanes) is 2. The van der Waals surface area contributed by atoms with E-state index in [9.17, 15) is 9.59 Å². The lowest BCUT2D eigenvalue weighted by Crippen LogP contribution is -2.22. The number of ether oxygens (including phenoxy) is 1. The molecule has 0 aromatic heterocycles. The number of carboxylic acids is 1. The predicted molar refractivity (Wildman–Crippen MR) is 71.7 cm³/mol. The van der Waals surface area contributed by atoms with E-state index in [1.807, 2.05) is 6.08 Å². The average Bonchev–Trinajstić information content (AvgIpc) is 2.38. The highest BCUT2D eigenvalue weighted by Crippen LogP contribution is 2.14. The van der Waals surface area contributed by atoms with Crippen molar-refractivity contribution in [2.75, 3.05) is 13.2 Å². The van der Waals surface area contributed by atoms with Crippen LogP contribution in [0, 0.1) is 5.92 Å². The van der Waals surface area contributed by atoms with E-state index in [0.717, 1.165) is 19.3 Å². The quantitative estimate of drug-likeness (QED) is 0.342. The van der Waals surface area contributed by atoms with E-state index in [-0.39, 0.29) is 19.6 Å². The molecular weight excluding hydrogens is 248 g/mol. The summed E-state index contributed by atoms with van der Waals surface area (Å²) in [6.45, 7) is 1.79. The molecule has 110 valence electrons. The van der Waals surface area contributed by atoms with E-state index in [0.29, 0.717) is 12.8 Å². The number of carbonyl (C=O) groups is 2. The molecule has 0 aliphatic rings. The van der Waals surface area contributed by atoms with Crippen molar-refractivity contribution in [1.29, 1.82) is 0 Å². The van der Waals surface area contributed by atoms with Gasteiger partial charge in [0.1, 0.15) is 6.61 Å². The Hall–Kier alpha value is -1.36. The number of aliphatic carboxylic acids is 1. The van der Waals surface area contributed by atoms with Crippen molar-refractivity contribution in [2.45, 2.75) is 45.4 Å². The molecule has 0 aliphatic heterocycles. The molecule has 1 atom stereocenters. The molecule has 0 heterocycles. The van der Waals surface area contributed by atoms with Gasteiger partial charge in [-0.3, -0.25) is 9.59 Å². The SMILES string of the molecule is CCCC/C=C/CCC(CC(=O)O)C(=O)OCCO. The second-order valence-electron chi connectivity index (χ2n) is 4.38. The van der Waals surface area contributed by atoms with E-state index in [4.69, 9.17) is 14.9 Å². The molecule has 19 heavy (non-hydrogen) atoms. The van der Waals surface area contributed by atoms with Crippen LogP contribution >= 0.6 is 0 Å². The van der Waals surface area contributed by atoms with Gasteiger partial charge in [0.2, 0.25) is 0 Å². The molecule has 0 spiro atoms. The van der Waals surface area contributed by atoms with E-state index >= 15 is 0 Å². The first-order chi connectivity index (χ1) is 9.11. The highest BCUT2D eigenvalue weighted by molar-refractivity contribution is 5.79. The minimum atomic E-state index is -1.01. The number of carboxylic acid groups (broad SMARTS) is 1. The predicted octanol–water partition coefficient (Wildman–Crippen LogP) is 2.14. The summed E-state index contributed by atoms with van der Waals surface area (Å²) in [5.74, 6) is -2.20. The third-order valence-electron chi connectivity index (χ3n) is 2.66. The minimum absolute atomic E-state index is 0.0821. The molecule has 0 radical (unpaired) electrons. The summed E-state index contributed by atoms with van der Waals surface area (Å²) in [4.78, 5) is 22.3. The number of aliphatic hydroxyl groups is 1. The van der Waals surface area contributed by atoms with Gasteiger partial charge in [-0.05, 0) is 19.3 Å². The first kappa shape index (κ1) is 17.6. The van der Waals surface area contributed by atoms with Gasteiger partial charge < -0.3 is 14.9 Å². The smallest absolute Gasteiger partial charge is 0.309 e. The lowest BCUT2D eigenvalue weighted by atomic mass is 9.99. The fraction of sp³-hybridized carbons (Fsp3) is 0.714. The summed E-state index contributed by atoms with van der Waals surface area (Å²) in [6, 6.07) is 0. The van der Waals surface area contributed by atoms with Crippen molar-refractivity contribution in [3.05, 3.63) is 12.2 Å². The minimum Gasteiger partial charge on any atom is -0.481 e. The first-order valence-corrected chi connectivity index (χ1v) is 6.76. The maximum atomic E-state index is 11.6. The molecule has 0 bridgehead atoms. The molecule has 5 nitrogen and oxygen atoms in total. The van der Waals surface area contributed by atoms with E-state index in [1.165, 1.54) is 0 Å². The third-order valence-corrected chi connectivity index (χ3v) is 2.66. The maximum absolute atomic E-state index is 11.6. The number of hydrogen-bond acceptors (Lipinski definition) is 4. The number of hydrogen-bond donors (Lipinski definition) is 2. The Morgan fingerprint density at radius 2 is 1.95 bits per heavy atom. The lowest BCUT2D eigenvalue weighted by Gasteiger charge is -2.12. The highest BCUT2D eigenvalue weighted by atomic mass is 16.5. The molecular formula is C14H24O5. The Kier molecular flexibility index (Phi) is 10.9. The second-order valence-corrected chi connectivity index (χ2v) is 4.38. The molecule has 0 aliphatic carbocycles. The molecule has 5 heteroatoms. The third kappa shape index (κ3) is 10.3. The van der Waals surface area contributed by atoms with Crippen LogP contribution in [-0.4, -0.2) is 35.4 Å². The molecule has 2 N–H and O–H groups in total. The summed E-state index contributed by atoms with van der Waals surface area (Å²) < 4.78 is 4.77. The van der Waals surface area contributed by atoms with Gasteiger partial charge in [-0.15, -0.1) is 0 Å². The van der Waals surface area contributed by atoms with Crippen molar-refractivity contribution in [1.82, 2.24) is 0 Å². The van der Waals surface area contributed by atoms with Crippen molar-refractivity contribution in [2.24, 2.45) is 5.92 Å². The van der Waals surface area contributed by atoms with E-state index in [2.05, 4.69) is 13.0 Å². The zero-order chi connectivity index (χ0) is 14.5. The Labute approximate surface area is 114 Å². The number of rotatable bonds is 11. The zero-order valence-corrected chi connectivity index (χ0v) is 11.5. The summed E-state index contributed by atoms with van der Waals surface area (Å²) >= 11 is 0. The van der Waals surface area contributed by atoms with Gasteiger partial charge >= 0.3 is 11.9 Å². The molecule has 0 saturated heterocycles. The van der Waals surface area contributed by atoms with Crippen molar-refractivity contribution < 1.29 is 24.5 Å². The Morgan fingerprint density at radius 3 is 2.53 bits per heavy atom. The fourth-order valence-electron chi connectivity index (χ4n) is 1.63. The molecule has 0 aromatic rings. The summed E-state index contributed by atoms with van der Waals surface area (Å²) in [5, 5.41) is 17.3. The number of carbonyl (C=O) groups excluding carboxylic acids is 1. The highest BCUT2D eigenvalue weighted by Gasteiger charge is 2.22. The van der Waals surface area contributed by atoms with Crippen molar-refractivity contribution >= 4 is 11.9 Å².